The van der Waals surface area contributed by atoms with Crippen molar-refractivity contribution in [3.8, 4) is 11.5 Å². The fourth-order valence-electron chi connectivity index (χ4n) is 1.64. The second-order valence-corrected chi connectivity index (χ2v) is 6.13. The van der Waals surface area contributed by atoms with E-state index in [-0.39, 0.29) is 10.8 Å². The van der Waals surface area contributed by atoms with E-state index in [9.17, 15) is 14.5 Å². The summed E-state index contributed by atoms with van der Waals surface area (Å²) in [5.74, 6) is -0.652. The quantitative estimate of drug-likeness (QED) is 0.600. The van der Waals surface area contributed by atoms with Gasteiger partial charge < -0.3 is 14.5 Å². The summed E-state index contributed by atoms with van der Waals surface area (Å²) in [6, 6.07) is 13.7. The van der Waals surface area contributed by atoms with Gasteiger partial charge in [-0.2, -0.15) is 0 Å². The van der Waals surface area contributed by atoms with E-state index in [0.29, 0.717) is 5.75 Å². The molecule has 0 saturated heterocycles. The van der Waals surface area contributed by atoms with Gasteiger partial charge in [0.1, 0.15) is 11.5 Å². The molecule has 0 saturated carbocycles. The lowest BCUT2D eigenvalue weighted by Crippen LogP contribution is -2.37. The smallest absolute Gasteiger partial charge is 0.340 e. The standard InChI is InChI=1S/C15H15ClNO5P/c1-11(15(18)19)17(21-12-7-3-2-4-8-12)23(20)22-14-10-6-5-9-13(14)16/h2-11,23H,1H3,(H,18,19). The minimum atomic E-state index is -3.05. The number of carboxylic acid groups (broad SMARTS) is 1. The molecule has 6 nitrogen and oxygen atoms in total. The van der Waals surface area contributed by atoms with Crippen LogP contribution in [0, 0.1) is 0 Å². The van der Waals surface area contributed by atoms with Gasteiger partial charge in [0.15, 0.2) is 6.04 Å². The molecule has 2 unspecified atom stereocenters. The SMILES string of the molecule is CC(C(=O)O)N(Oc1ccccc1)[PH](=O)Oc1ccccc1Cl. The van der Waals surface area contributed by atoms with Gasteiger partial charge in [-0.3, -0.25) is 9.36 Å². The molecular formula is C15H15ClNO5P. The van der Waals surface area contributed by atoms with Crippen LogP contribution in [0.15, 0.2) is 54.6 Å². The van der Waals surface area contributed by atoms with Crippen LogP contribution in [0.2, 0.25) is 5.02 Å². The van der Waals surface area contributed by atoms with Gasteiger partial charge >= 0.3 is 14.1 Å². The van der Waals surface area contributed by atoms with Crippen LogP contribution in [0.4, 0.5) is 0 Å². The summed E-state index contributed by atoms with van der Waals surface area (Å²) in [6.45, 7) is 1.35. The molecule has 0 heterocycles. The molecular weight excluding hydrogens is 341 g/mol. The van der Waals surface area contributed by atoms with Crippen molar-refractivity contribution in [2.24, 2.45) is 0 Å². The molecule has 0 bridgehead atoms. The number of halogens is 1. The fraction of sp³-hybridized carbons (Fsp3) is 0.133. The van der Waals surface area contributed by atoms with Gasteiger partial charge in [0, 0.05) is 0 Å². The van der Waals surface area contributed by atoms with Gasteiger partial charge in [-0.15, -0.1) is 0 Å². The van der Waals surface area contributed by atoms with E-state index in [1.165, 1.54) is 13.0 Å². The van der Waals surface area contributed by atoms with Crippen LogP contribution < -0.4 is 9.36 Å². The first-order chi connectivity index (χ1) is 11.0. The zero-order chi connectivity index (χ0) is 16.8. The van der Waals surface area contributed by atoms with Crippen molar-refractivity contribution in [3.63, 3.8) is 0 Å². The molecule has 0 aliphatic carbocycles. The third-order valence-electron chi connectivity index (χ3n) is 2.87. The van der Waals surface area contributed by atoms with Crippen molar-refractivity contribution in [1.29, 1.82) is 0 Å². The minimum absolute atomic E-state index is 0.192. The zero-order valence-corrected chi connectivity index (χ0v) is 13.9. The Hall–Kier alpha value is -2.01. The summed E-state index contributed by atoms with van der Waals surface area (Å²) < 4.78 is 17.8. The topological polar surface area (TPSA) is 76.1 Å². The van der Waals surface area contributed by atoms with Crippen molar-refractivity contribution >= 4 is 25.7 Å². The number of nitrogens with zero attached hydrogens (tertiary/aromatic N) is 1. The average molecular weight is 356 g/mol. The Morgan fingerprint density at radius 3 is 2.39 bits per heavy atom. The van der Waals surface area contributed by atoms with Crippen LogP contribution in [-0.4, -0.2) is 22.0 Å². The number of aliphatic carboxylic acids is 1. The van der Waals surface area contributed by atoms with E-state index >= 15 is 0 Å². The van der Waals surface area contributed by atoms with Gasteiger partial charge in [0.2, 0.25) is 0 Å². The number of rotatable bonds is 7. The predicted molar refractivity (Wildman–Crippen MR) is 87.1 cm³/mol. The van der Waals surface area contributed by atoms with Crippen molar-refractivity contribution in [2.45, 2.75) is 13.0 Å². The highest BCUT2D eigenvalue weighted by molar-refractivity contribution is 7.36. The fourth-order valence-corrected chi connectivity index (χ4v) is 2.94. The van der Waals surface area contributed by atoms with E-state index in [0.717, 1.165) is 4.83 Å². The molecule has 0 aliphatic rings. The molecule has 0 amide bonds. The lowest BCUT2D eigenvalue weighted by atomic mass is 10.3. The Morgan fingerprint density at radius 1 is 1.17 bits per heavy atom. The number of carbonyl (C=O) groups is 1. The molecule has 0 fully saturated rings. The second kappa shape index (κ2) is 8.02. The Kier molecular flexibility index (Phi) is 6.04. The highest BCUT2D eigenvalue weighted by Crippen LogP contribution is 2.37. The largest absolute Gasteiger partial charge is 0.480 e. The normalized spacial score (nSPS) is 13.3. The van der Waals surface area contributed by atoms with Gasteiger partial charge in [-0.05, 0) is 36.0 Å². The van der Waals surface area contributed by atoms with E-state index in [2.05, 4.69) is 0 Å². The Morgan fingerprint density at radius 2 is 1.78 bits per heavy atom. The van der Waals surface area contributed by atoms with E-state index in [1.807, 2.05) is 0 Å². The molecule has 2 aromatic carbocycles. The van der Waals surface area contributed by atoms with E-state index in [1.54, 1.807) is 48.5 Å². The maximum Gasteiger partial charge on any atom is 0.340 e. The molecule has 0 spiro atoms. The molecule has 8 heteroatoms. The summed E-state index contributed by atoms with van der Waals surface area (Å²) in [6.07, 6.45) is 0. The molecule has 23 heavy (non-hydrogen) atoms. The summed E-state index contributed by atoms with van der Waals surface area (Å²) >= 11 is 5.95. The highest BCUT2D eigenvalue weighted by atomic mass is 35.5. The summed E-state index contributed by atoms with van der Waals surface area (Å²) in [5.41, 5.74) is 0. The monoisotopic (exact) mass is 355 g/mol. The number of para-hydroxylation sites is 2. The van der Waals surface area contributed by atoms with Crippen molar-refractivity contribution in [2.75, 3.05) is 0 Å². The minimum Gasteiger partial charge on any atom is -0.480 e. The van der Waals surface area contributed by atoms with Gasteiger partial charge in [0.25, 0.3) is 0 Å². The summed E-state index contributed by atoms with van der Waals surface area (Å²) in [5, 5.41) is 9.45. The average Bonchev–Trinajstić information content (AvgIpc) is 2.55. The highest BCUT2D eigenvalue weighted by Gasteiger charge is 2.29. The zero-order valence-electron chi connectivity index (χ0n) is 12.2. The molecule has 2 rings (SSSR count). The maximum absolute atomic E-state index is 12.5. The van der Waals surface area contributed by atoms with Crippen molar-refractivity contribution in [3.05, 3.63) is 59.6 Å². The van der Waals surface area contributed by atoms with Crippen LogP contribution in [-0.2, 0) is 9.36 Å². The van der Waals surface area contributed by atoms with Crippen LogP contribution in [0.5, 0.6) is 11.5 Å². The van der Waals surface area contributed by atoms with E-state index < -0.39 is 20.2 Å². The number of benzene rings is 2. The third kappa shape index (κ3) is 4.73. The summed E-state index contributed by atoms with van der Waals surface area (Å²) in [4.78, 5) is 17.5. The first-order valence-electron chi connectivity index (χ1n) is 6.70. The maximum atomic E-state index is 12.5. The molecule has 122 valence electrons. The van der Waals surface area contributed by atoms with Crippen LogP contribution >= 0.6 is 19.8 Å². The van der Waals surface area contributed by atoms with Crippen molar-refractivity contribution < 1.29 is 23.8 Å². The molecule has 0 aliphatic heterocycles. The Labute approximate surface area is 139 Å². The first kappa shape index (κ1) is 17.3. The summed E-state index contributed by atoms with van der Waals surface area (Å²) in [7, 11) is -3.05. The Bertz CT molecular complexity index is 697. The van der Waals surface area contributed by atoms with Crippen LogP contribution in [0.3, 0.4) is 0 Å². The van der Waals surface area contributed by atoms with Gasteiger partial charge in [-0.25, -0.2) is 0 Å². The lowest BCUT2D eigenvalue weighted by molar-refractivity contribution is -0.148. The number of hydrogen-bond acceptors (Lipinski definition) is 4. The molecule has 0 aromatic heterocycles. The molecule has 2 atom stereocenters. The van der Waals surface area contributed by atoms with Crippen molar-refractivity contribution in [1.82, 2.24) is 4.83 Å². The number of hydrogen-bond donors (Lipinski definition) is 1. The molecule has 2 aromatic rings. The molecule has 0 radical (unpaired) electrons. The predicted octanol–water partition coefficient (Wildman–Crippen LogP) is 3.88. The third-order valence-corrected chi connectivity index (χ3v) is 4.42. The Balaban J connectivity index is 2.21. The lowest BCUT2D eigenvalue weighted by Gasteiger charge is -2.25. The number of hydroxylamine groups is 1. The van der Waals surface area contributed by atoms with E-state index in [4.69, 9.17) is 21.0 Å². The van der Waals surface area contributed by atoms with Crippen LogP contribution in [0.1, 0.15) is 6.92 Å². The molecule has 1 N–H and O–H groups in total. The van der Waals surface area contributed by atoms with Crippen LogP contribution in [0.25, 0.3) is 0 Å². The number of carboxylic acids is 1. The second-order valence-electron chi connectivity index (χ2n) is 4.54. The first-order valence-corrected chi connectivity index (χ1v) is 8.34. The van der Waals surface area contributed by atoms with Gasteiger partial charge in [0.05, 0.1) is 5.02 Å². The van der Waals surface area contributed by atoms with Gasteiger partial charge in [-0.1, -0.05) is 41.9 Å².